The molecule has 0 aliphatic carbocycles. The summed E-state index contributed by atoms with van der Waals surface area (Å²) in [6, 6.07) is 9.17. The number of rotatable bonds is 6. The van der Waals surface area contributed by atoms with Crippen LogP contribution in [-0.2, 0) is 6.61 Å². The Balaban J connectivity index is 1.74. The van der Waals surface area contributed by atoms with Crippen LogP contribution in [0, 0.1) is 0 Å². The average Bonchev–Trinajstić information content (AvgIpc) is 3.07. The Hall–Kier alpha value is -2.60. The SMILES string of the molecule is CCOc1cc(C(=O)N2CC[C@H](N)C2)ccc1OCc1ccncc1. The first-order valence-corrected chi connectivity index (χ1v) is 8.50. The molecule has 6 heteroatoms. The Morgan fingerprint density at radius 3 is 2.72 bits per heavy atom. The molecular weight excluding hydrogens is 318 g/mol. The molecule has 1 amide bonds. The molecule has 2 N–H and O–H groups in total. The molecule has 2 heterocycles. The number of likely N-dealkylation sites (tertiary alicyclic amines) is 1. The van der Waals surface area contributed by atoms with Crippen LogP contribution in [0.3, 0.4) is 0 Å². The molecule has 1 saturated heterocycles. The van der Waals surface area contributed by atoms with Gasteiger partial charge in [-0.3, -0.25) is 9.78 Å². The zero-order chi connectivity index (χ0) is 17.6. The van der Waals surface area contributed by atoms with Crippen molar-refractivity contribution in [1.82, 2.24) is 9.88 Å². The van der Waals surface area contributed by atoms with Crippen LogP contribution in [0.2, 0.25) is 0 Å². The van der Waals surface area contributed by atoms with E-state index >= 15 is 0 Å². The predicted octanol–water partition coefficient (Wildman–Crippen LogP) is 2.23. The highest BCUT2D eigenvalue weighted by Gasteiger charge is 2.25. The fourth-order valence-corrected chi connectivity index (χ4v) is 2.82. The van der Waals surface area contributed by atoms with Crippen molar-refractivity contribution < 1.29 is 14.3 Å². The Labute approximate surface area is 147 Å². The molecule has 25 heavy (non-hydrogen) atoms. The Morgan fingerprint density at radius 1 is 1.24 bits per heavy atom. The van der Waals surface area contributed by atoms with E-state index in [4.69, 9.17) is 15.2 Å². The maximum Gasteiger partial charge on any atom is 0.254 e. The number of ether oxygens (including phenoxy) is 2. The molecule has 0 saturated carbocycles. The fourth-order valence-electron chi connectivity index (χ4n) is 2.82. The van der Waals surface area contributed by atoms with Gasteiger partial charge in [0.05, 0.1) is 6.61 Å². The number of pyridine rings is 1. The molecule has 1 aliphatic rings. The average molecular weight is 341 g/mol. The number of aromatic nitrogens is 1. The van der Waals surface area contributed by atoms with Crippen LogP contribution in [0.5, 0.6) is 11.5 Å². The van der Waals surface area contributed by atoms with E-state index in [1.165, 1.54) is 0 Å². The molecule has 6 nitrogen and oxygen atoms in total. The van der Waals surface area contributed by atoms with Crippen LogP contribution in [0.15, 0.2) is 42.7 Å². The van der Waals surface area contributed by atoms with Crippen molar-refractivity contribution >= 4 is 5.91 Å². The molecule has 3 rings (SSSR count). The smallest absolute Gasteiger partial charge is 0.254 e. The highest BCUT2D eigenvalue weighted by molar-refractivity contribution is 5.95. The topological polar surface area (TPSA) is 77.7 Å². The number of carbonyl (C=O) groups is 1. The quantitative estimate of drug-likeness (QED) is 0.872. The second-order valence-corrected chi connectivity index (χ2v) is 6.04. The standard InChI is InChI=1S/C19H23N3O3/c1-2-24-18-11-15(19(23)22-10-7-16(20)12-22)3-4-17(18)25-13-14-5-8-21-9-6-14/h3-6,8-9,11,16H,2,7,10,12-13,20H2,1H3/t16-/m0/s1. The minimum absolute atomic E-state index is 0.0189. The number of amides is 1. The van der Waals surface area contributed by atoms with Crippen molar-refractivity contribution in [3.8, 4) is 11.5 Å². The minimum atomic E-state index is -0.0189. The summed E-state index contributed by atoms with van der Waals surface area (Å²) in [5.74, 6) is 1.17. The van der Waals surface area contributed by atoms with Crippen molar-refractivity contribution in [2.24, 2.45) is 5.73 Å². The largest absolute Gasteiger partial charge is 0.490 e. The van der Waals surface area contributed by atoms with E-state index in [9.17, 15) is 4.79 Å². The first-order chi connectivity index (χ1) is 12.2. The summed E-state index contributed by atoms with van der Waals surface area (Å²) in [6.45, 7) is 4.11. The lowest BCUT2D eigenvalue weighted by Gasteiger charge is -2.18. The first kappa shape index (κ1) is 17.2. The maximum absolute atomic E-state index is 12.6. The van der Waals surface area contributed by atoms with Crippen LogP contribution < -0.4 is 15.2 Å². The van der Waals surface area contributed by atoms with E-state index in [0.29, 0.717) is 43.4 Å². The van der Waals surface area contributed by atoms with Crippen LogP contribution in [0.25, 0.3) is 0 Å². The third kappa shape index (κ3) is 4.28. The predicted molar refractivity (Wildman–Crippen MR) is 94.7 cm³/mol. The lowest BCUT2D eigenvalue weighted by Crippen LogP contribution is -2.31. The summed E-state index contributed by atoms with van der Waals surface area (Å²) in [7, 11) is 0. The van der Waals surface area contributed by atoms with Crippen molar-refractivity contribution in [3.63, 3.8) is 0 Å². The lowest BCUT2D eigenvalue weighted by molar-refractivity contribution is 0.0790. The van der Waals surface area contributed by atoms with E-state index in [1.807, 2.05) is 19.1 Å². The number of hydrogen-bond donors (Lipinski definition) is 1. The zero-order valence-electron chi connectivity index (χ0n) is 14.4. The monoisotopic (exact) mass is 341 g/mol. The molecule has 1 aromatic heterocycles. The summed E-state index contributed by atoms with van der Waals surface area (Å²) in [4.78, 5) is 18.4. The van der Waals surface area contributed by atoms with Gasteiger partial charge in [-0.1, -0.05) is 0 Å². The maximum atomic E-state index is 12.6. The molecule has 0 unspecified atom stereocenters. The Bertz CT molecular complexity index is 721. The number of carbonyl (C=O) groups excluding carboxylic acids is 1. The molecule has 1 aliphatic heterocycles. The molecule has 2 aromatic rings. The van der Waals surface area contributed by atoms with Gasteiger partial charge in [-0.25, -0.2) is 0 Å². The molecule has 1 fully saturated rings. The van der Waals surface area contributed by atoms with Gasteiger partial charge in [-0.15, -0.1) is 0 Å². The lowest BCUT2D eigenvalue weighted by atomic mass is 10.1. The first-order valence-electron chi connectivity index (χ1n) is 8.50. The van der Waals surface area contributed by atoms with E-state index in [-0.39, 0.29) is 11.9 Å². The van der Waals surface area contributed by atoms with Crippen molar-refractivity contribution in [2.75, 3.05) is 19.7 Å². The van der Waals surface area contributed by atoms with Gasteiger partial charge >= 0.3 is 0 Å². The second kappa shape index (κ2) is 7.98. The molecular formula is C19H23N3O3. The van der Waals surface area contributed by atoms with Crippen LogP contribution in [0.4, 0.5) is 0 Å². The van der Waals surface area contributed by atoms with Crippen molar-refractivity contribution in [3.05, 3.63) is 53.9 Å². The van der Waals surface area contributed by atoms with Crippen LogP contribution in [-0.4, -0.2) is 41.5 Å². The van der Waals surface area contributed by atoms with Gasteiger partial charge in [0, 0.05) is 37.1 Å². The van der Waals surface area contributed by atoms with Gasteiger partial charge in [0.2, 0.25) is 0 Å². The van der Waals surface area contributed by atoms with Gasteiger partial charge < -0.3 is 20.1 Å². The number of nitrogens with two attached hydrogens (primary N) is 1. The second-order valence-electron chi connectivity index (χ2n) is 6.04. The van der Waals surface area contributed by atoms with E-state index < -0.39 is 0 Å². The van der Waals surface area contributed by atoms with Gasteiger partial charge in [0.1, 0.15) is 6.61 Å². The van der Waals surface area contributed by atoms with Crippen LogP contribution in [0.1, 0.15) is 29.3 Å². The molecule has 0 radical (unpaired) electrons. The summed E-state index contributed by atoms with van der Waals surface area (Å²) in [5, 5.41) is 0. The molecule has 0 spiro atoms. The third-order valence-corrected chi connectivity index (χ3v) is 4.15. The Kier molecular flexibility index (Phi) is 5.50. The van der Waals surface area contributed by atoms with E-state index in [2.05, 4.69) is 4.98 Å². The highest BCUT2D eigenvalue weighted by atomic mass is 16.5. The van der Waals surface area contributed by atoms with Gasteiger partial charge in [0.25, 0.3) is 5.91 Å². The highest BCUT2D eigenvalue weighted by Crippen LogP contribution is 2.30. The number of hydrogen-bond acceptors (Lipinski definition) is 5. The van der Waals surface area contributed by atoms with E-state index in [0.717, 1.165) is 12.0 Å². The minimum Gasteiger partial charge on any atom is -0.490 e. The summed E-state index contributed by atoms with van der Waals surface area (Å²) in [6.07, 6.45) is 4.30. The fraction of sp³-hybridized carbons (Fsp3) is 0.368. The molecule has 0 bridgehead atoms. The summed E-state index contributed by atoms with van der Waals surface area (Å²) in [5.41, 5.74) is 7.50. The molecule has 1 aromatic carbocycles. The number of benzene rings is 1. The molecule has 132 valence electrons. The molecule has 1 atom stereocenters. The number of nitrogens with zero attached hydrogens (tertiary/aromatic N) is 2. The van der Waals surface area contributed by atoms with Gasteiger partial charge in [-0.05, 0) is 49.2 Å². The van der Waals surface area contributed by atoms with Crippen LogP contribution >= 0.6 is 0 Å². The van der Waals surface area contributed by atoms with E-state index in [1.54, 1.807) is 35.5 Å². The summed E-state index contributed by atoms with van der Waals surface area (Å²) < 4.78 is 11.5. The van der Waals surface area contributed by atoms with Crippen molar-refractivity contribution in [1.29, 1.82) is 0 Å². The summed E-state index contributed by atoms with van der Waals surface area (Å²) >= 11 is 0. The van der Waals surface area contributed by atoms with Gasteiger partial charge in [0.15, 0.2) is 11.5 Å². The third-order valence-electron chi connectivity index (χ3n) is 4.15. The normalized spacial score (nSPS) is 16.7. The van der Waals surface area contributed by atoms with Gasteiger partial charge in [-0.2, -0.15) is 0 Å². The van der Waals surface area contributed by atoms with Crippen molar-refractivity contribution in [2.45, 2.75) is 26.0 Å². The zero-order valence-corrected chi connectivity index (χ0v) is 14.4. The Morgan fingerprint density at radius 2 is 2.04 bits per heavy atom.